The first kappa shape index (κ1) is 22.9. The van der Waals surface area contributed by atoms with Gasteiger partial charge in [0.05, 0.1) is 0 Å². The van der Waals surface area contributed by atoms with Crippen LogP contribution in [-0.4, -0.2) is 0 Å². The molecule has 3 aliphatic rings. The highest BCUT2D eigenvalue weighted by atomic mass is 14.3. The molecule has 4 rings (SSSR count). The van der Waals surface area contributed by atoms with E-state index in [1.807, 2.05) is 0 Å². The summed E-state index contributed by atoms with van der Waals surface area (Å²) in [5.41, 5.74) is 3.09. The van der Waals surface area contributed by atoms with Crippen LogP contribution in [0.25, 0.3) is 0 Å². The van der Waals surface area contributed by atoms with E-state index in [9.17, 15) is 0 Å². The number of benzene rings is 1. The lowest BCUT2D eigenvalue weighted by molar-refractivity contribution is 0.166. The molecule has 0 heterocycles. The topological polar surface area (TPSA) is 0 Å². The van der Waals surface area contributed by atoms with Crippen LogP contribution in [-0.2, 0) is 6.42 Å². The first-order valence-electron chi connectivity index (χ1n) is 13.6. The van der Waals surface area contributed by atoms with Gasteiger partial charge in [-0.15, -0.1) is 6.58 Å². The second-order valence-corrected chi connectivity index (χ2v) is 11.1. The summed E-state index contributed by atoms with van der Waals surface area (Å²) in [5.74, 6) is 5.35. The van der Waals surface area contributed by atoms with Gasteiger partial charge in [-0.25, -0.2) is 0 Å². The lowest BCUT2D eigenvalue weighted by Gasteiger charge is -2.37. The molecule has 3 saturated carbocycles. The van der Waals surface area contributed by atoms with Gasteiger partial charge in [-0.1, -0.05) is 55.8 Å². The van der Waals surface area contributed by atoms with Crippen LogP contribution in [0.3, 0.4) is 0 Å². The van der Waals surface area contributed by atoms with Gasteiger partial charge >= 0.3 is 0 Å². The van der Waals surface area contributed by atoms with E-state index in [1.54, 1.807) is 5.56 Å². The van der Waals surface area contributed by atoms with Crippen molar-refractivity contribution >= 4 is 0 Å². The summed E-state index contributed by atoms with van der Waals surface area (Å²) in [6.45, 7) is 6.28. The minimum Gasteiger partial charge on any atom is -0.103 e. The van der Waals surface area contributed by atoms with Crippen molar-refractivity contribution in [2.45, 2.75) is 103 Å². The van der Waals surface area contributed by atoms with Gasteiger partial charge < -0.3 is 0 Å². The third-order valence-electron chi connectivity index (χ3n) is 9.05. The summed E-state index contributed by atoms with van der Waals surface area (Å²) in [6.07, 6.45) is 27.1. The second kappa shape index (κ2) is 11.5. The largest absolute Gasteiger partial charge is 0.103 e. The van der Waals surface area contributed by atoms with Crippen LogP contribution < -0.4 is 0 Å². The fraction of sp³-hybridized carbons (Fsp3) is 0.677. The zero-order valence-electron chi connectivity index (χ0n) is 20.1. The van der Waals surface area contributed by atoms with E-state index < -0.39 is 0 Å². The summed E-state index contributed by atoms with van der Waals surface area (Å²) < 4.78 is 0. The summed E-state index contributed by atoms with van der Waals surface area (Å²) in [7, 11) is 0. The first-order chi connectivity index (χ1) is 15.2. The van der Waals surface area contributed by atoms with E-state index in [1.165, 1.54) is 95.5 Å². The highest BCUT2D eigenvalue weighted by Gasteiger charge is 2.30. The maximum absolute atomic E-state index is 4.01. The lowest BCUT2D eigenvalue weighted by Crippen LogP contribution is -2.25. The van der Waals surface area contributed by atoms with Crippen LogP contribution in [0.4, 0.5) is 0 Å². The Morgan fingerprint density at radius 3 is 1.65 bits per heavy atom. The summed E-state index contributed by atoms with van der Waals surface area (Å²) in [5, 5.41) is 0. The molecular formula is C31H46. The van der Waals surface area contributed by atoms with Crippen molar-refractivity contribution in [1.29, 1.82) is 0 Å². The second-order valence-electron chi connectivity index (χ2n) is 11.1. The zero-order chi connectivity index (χ0) is 21.5. The molecule has 0 radical (unpaired) electrons. The molecule has 0 amide bonds. The Bertz CT molecular complexity index is 671. The molecule has 3 fully saturated rings. The Morgan fingerprint density at radius 1 is 0.677 bits per heavy atom. The Hall–Kier alpha value is -1.30. The molecule has 0 spiro atoms. The van der Waals surface area contributed by atoms with Gasteiger partial charge in [0.1, 0.15) is 0 Å². The maximum atomic E-state index is 4.01. The van der Waals surface area contributed by atoms with Crippen molar-refractivity contribution < 1.29 is 0 Å². The van der Waals surface area contributed by atoms with Gasteiger partial charge in [-0.3, -0.25) is 0 Å². The fourth-order valence-corrected chi connectivity index (χ4v) is 6.87. The quantitative estimate of drug-likeness (QED) is 0.387. The Morgan fingerprint density at radius 2 is 1.16 bits per heavy atom. The summed E-state index contributed by atoms with van der Waals surface area (Å²) >= 11 is 0. The number of aryl methyl sites for hydroxylation is 1. The molecule has 0 N–H and O–H groups in total. The third-order valence-corrected chi connectivity index (χ3v) is 9.05. The van der Waals surface area contributed by atoms with E-state index in [0.29, 0.717) is 0 Å². The van der Waals surface area contributed by atoms with Crippen LogP contribution >= 0.6 is 0 Å². The molecule has 0 aliphatic heterocycles. The van der Waals surface area contributed by atoms with Crippen LogP contribution in [0.15, 0.2) is 49.1 Å². The minimum absolute atomic E-state index is 0.798. The van der Waals surface area contributed by atoms with Crippen molar-refractivity contribution in [2.75, 3.05) is 0 Å². The molecule has 170 valence electrons. The van der Waals surface area contributed by atoms with E-state index in [4.69, 9.17) is 0 Å². The molecular weight excluding hydrogens is 372 g/mol. The van der Waals surface area contributed by atoms with Gasteiger partial charge in [0.15, 0.2) is 0 Å². The SMILES string of the molecule is C=CC1CCC(C2CCC(/C=C/C3CCC(c4ccc(CCC)cc4)CC3)CC2)CC1. The average Bonchev–Trinajstić information content (AvgIpc) is 2.84. The van der Waals surface area contributed by atoms with Gasteiger partial charge in [0, 0.05) is 0 Å². The molecule has 3 aliphatic carbocycles. The molecule has 1 aromatic rings. The Labute approximate surface area is 192 Å². The van der Waals surface area contributed by atoms with Crippen molar-refractivity contribution in [1.82, 2.24) is 0 Å². The average molecular weight is 419 g/mol. The maximum Gasteiger partial charge on any atom is -0.0162 e. The molecule has 0 nitrogen and oxygen atoms in total. The van der Waals surface area contributed by atoms with Crippen LogP contribution in [0.1, 0.15) is 107 Å². The van der Waals surface area contributed by atoms with E-state index in [2.05, 4.69) is 56.0 Å². The molecule has 0 heteroatoms. The minimum atomic E-state index is 0.798. The van der Waals surface area contributed by atoms with Gasteiger partial charge in [0.25, 0.3) is 0 Å². The molecule has 31 heavy (non-hydrogen) atoms. The lowest BCUT2D eigenvalue weighted by atomic mass is 9.69. The van der Waals surface area contributed by atoms with Gasteiger partial charge in [-0.2, -0.15) is 0 Å². The zero-order valence-corrected chi connectivity index (χ0v) is 20.1. The van der Waals surface area contributed by atoms with Gasteiger partial charge in [0.2, 0.25) is 0 Å². The molecule has 0 aromatic heterocycles. The van der Waals surface area contributed by atoms with Crippen molar-refractivity contribution in [3.63, 3.8) is 0 Å². The molecule has 0 unspecified atom stereocenters. The predicted octanol–water partition coefficient (Wildman–Crippen LogP) is 9.27. The van der Waals surface area contributed by atoms with E-state index in [-0.39, 0.29) is 0 Å². The first-order valence-corrected chi connectivity index (χ1v) is 13.6. The highest BCUT2D eigenvalue weighted by molar-refractivity contribution is 5.26. The highest BCUT2D eigenvalue weighted by Crippen LogP contribution is 2.42. The fourth-order valence-electron chi connectivity index (χ4n) is 6.87. The smallest absolute Gasteiger partial charge is 0.0162 e. The normalized spacial score (nSPS) is 34.6. The number of allylic oxidation sites excluding steroid dienone is 3. The van der Waals surface area contributed by atoms with E-state index >= 15 is 0 Å². The number of hydrogen-bond acceptors (Lipinski definition) is 0. The molecule has 0 atom stereocenters. The molecule has 1 aromatic carbocycles. The Kier molecular flexibility index (Phi) is 8.51. The third kappa shape index (κ3) is 6.36. The molecule has 0 bridgehead atoms. The van der Waals surface area contributed by atoms with Crippen LogP contribution in [0.5, 0.6) is 0 Å². The van der Waals surface area contributed by atoms with Crippen molar-refractivity contribution in [2.24, 2.45) is 29.6 Å². The van der Waals surface area contributed by atoms with Crippen molar-refractivity contribution in [3.05, 3.63) is 60.2 Å². The van der Waals surface area contributed by atoms with Crippen LogP contribution in [0, 0.1) is 29.6 Å². The standard InChI is InChI=1S/C31H46/c1-3-5-25-10-18-29(19-11-25)31-22-14-27(15-23-31)7-6-26-12-20-30(21-13-26)28-16-8-24(4-2)9-17-28/h4,6-7,10-11,18-19,24,26-28,30-31H,2-3,5,8-9,12-17,20-23H2,1H3/b7-6+. The number of hydrogen-bond donors (Lipinski definition) is 0. The summed E-state index contributed by atoms with van der Waals surface area (Å²) in [6, 6.07) is 9.56. The Balaban J connectivity index is 1.17. The molecule has 0 saturated heterocycles. The van der Waals surface area contributed by atoms with Gasteiger partial charge in [-0.05, 0) is 130 Å². The van der Waals surface area contributed by atoms with Crippen molar-refractivity contribution in [3.8, 4) is 0 Å². The monoisotopic (exact) mass is 418 g/mol. The number of rotatable bonds is 7. The predicted molar refractivity (Wildman–Crippen MR) is 135 cm³/mol. The summed E-state index contributed by atoms with van der Waals surface area (Å²) in [4.78, 5) is 0. The van der Waals surface area contributed by atoms with E-state index in [0.717, 1.165) is 35.5 Å². The van der Waals surface area contributed by atoms with Crippen LogP contribution in [0.2, 0.25) is 0 Å².